The minimum Gasteiger partial charge on any atom is -0.472 e. The van der Waals surface area contributed by atoms with Gasteiger partial charge in [0.2, 0.25) is 0 Å². The molecule has 76 valence electrons. The van der Waals surface area contributed by atoms with Crippen LogP contribution in [0.4, 0.5) is 0 Å². The Morgan fingerprint density at radius 1 is 1.50 bits per heavy atom. The van der Waals surface area contributed by atoms with Crippen molar-refractivity contribution in [2.45, 2.75) is 32.3 Å². The monoisotopic (exact) mass is 192 g/mol. The molecular formula is C12H16O2. The molecule has 0 bridgehead atoms. The first kappa shape index (κ1) is 9.53. The Kier molecular flexibility index (Phi) is 2.23. The van der Waals surface area contributed by atoms with Gasteiger partial charge in [-0.05, 0) is 31.2 Å². The Bertz CT molecular complexity index is 351. The second-order valence-corrected chi connectivity index (χ2v) is 4.27. The van der Waals surface area contributed by atoms with Crippen molar-refractivity contribution in [3.05, 3.63) is 35.8 Å². The molecule has 0 amide bonds. The van der Waals surface area contributed by atoms with Gasteiger partial charge in [-0.3, -0.25) is 0 Å². The second kappa shape index (κ2) is 3.28. The maximum Gasteiger partial charge on any atom is 0.111 e. The van der Waals surface area contributed by atoms with Gasteiger partial charge < -0.3 is 9.52 Å². The predicted octanol–water partition coefficient (Wildman–Crippen LogP) is 2.76. The van der Waals surface area contributed by atoms with Crippen LogP contribution < -0.4 is 0 Å². The molecule has 0 aliphatic heterocycles. The van der Waals surface area contributed by atoms with Gasteiger partial charge >= 0.3 is 0 Å². The summed E-state index contributed by atoms with van der Waals surface area (Å²) >= 11 is 0. The zero-order valence-corrected chi connectivity index (χ0v) is 8.66. The predicted molar refractivity (Wildman–Crippen MR) is 54.9 cm³/mol. The largest absolute Gasteiger partial charge is 0.472 e. The third kappa shape index (κ3) is 1.50. The Morgan fingerprint density at radius 3 is 2.79 bits per heavy atom. The van der Waals surface area contributed by atoms with Crippen molar-refractivity contribution in [2.75, 3.05) is 0 Å². The Labute approximate surface area is 84.2 Å². The number of hydrogen-bond acceptors (Lipinski definition) is 2. The van der Waals surface area contributed by atoms with Gasteiger partial charge in [0.25, 0.3) is 0 Å². The Morgan fingerprint density at radius 2 is 2.29 bits per heavy atom. The van der Waals surface area contributed by atoms with Crippen molar-refractivity contribution in [3.8, 4) is 0 Å². The van der Waals surface area contributed by atoms with Crippen LogP contribution in [0.5, 0.6) is 0 Å². The number of aryl methyl sites for hydroxylation is 1. The first-order chi connectivity index (χ1) is 6.62. The summed E-state index contributed by atoms with van der Waals surface area (Å²) in [7, 11) is 0. The van der Waals surface area contributed by atoms with Crippen molar-refractivity contribution in [2.24, 2.45) is 5.92 Å². The molecule has 2 nitrogen and oxygen atoms in total. The lowest BCUT2D eigenvalue weighted by atomic mass is 9.81. The third-order valence-corrected chi connectivity index (χ3v) is 3.00. The number of aliphatic hydroxyl groups is 1. The van der Waals surface area contributed by atoms with Crippen molar-refractivity contribution < 1.29 is 9.52 Å². The molecule has 2 rings (SSSR count). The first-order valence-corrected chi connectivity index (χ1v) is 5.07. The lowest BCUT2D eigenvalue weighted by Gasteiger charge is -2.29. The fourth-order valence-electron chi connectivity index (χ4n) is 1.98. The van der Waals surface area contributed by atoms with Crippen LogP contribution in [0.15, 0.2) is 29.1 Å². The van der Waals surface area contributed by atoms with E-state index < -0.39 is 5.60 Å². The molecule has 1 heterocycles. The molecule has 2 atom stereocenters. The highest BCUT2D eigenvalue weighted by atomic mass is 16.3. The molecule has 1 N–H and O–H groups in total. The van der Waals surface area contributed by atoms with Crippen LogP contribution in [0.2, 0.25) is 0 Å². The minimum atomic E-state index is -0.802. The Balaban J connectivity index is 2.34. The van der Waals surface area contributed by atoms with Crippen LogP contribution in [-0.4, -0.2) is 5.11 Å². The molecule has 0 fully saturated rings. The summed E-state index contributed by atoms with van der Waals surface area (Å²) in [4.78, 5) is 0. The number of allylic oxidation sites excluding steroid dienone is 1. The van der Waals surface area contributed by atoms with E-state index in [9.17, 15) is 5.11 Å². The number of rotatable bonds is 1. The first-order valence-electron chi connectivity index (χ1n) is 5.07. The minimum absolute atomic E-state index is 0.572. The quantitative estimate of drug-likeness (QED) is 0.694. The molecule has 1 aliphatic carbocycles. The topological polar surface area (TPSA) is 33.4 Å². The molecule has 0 saturated heterocycles. The summed E-state index contributed by atoms with van der Waals surface area (Å²) in [5, 5.41) is 10.4. The van der Waals surface area contributed by atoms with Gasteiger partial charge in [0, 0.05) is 5.56 Å². The van der Waals surface area contributed by atoms with Crippen LogP contribution in [0.3, 0.4) is 0 Å². The van der Waals surface area contributed by atoms with Gasteiger partial charge in [-0.1, -0.05) is 19.1 Å². The smallest absolute Gasteiger partial charge is 0.111 e. The van der Waals surface area contributed by atoms with Crippen molar-refractivity contribution >= 4 is 0 Å². The van der Waals surface area contributed by atoms with Crippen LogP contribution in [0, 0.1) is 12.8 Å². The van der Waals surface area contributed by atoms with E-state index in [4.69, 9.17) is 4.42 Å². The maximum atomic E-state index is 10.4. The van der Waals surface area contributed by atoms with E-state index in [-0.39, 0.29) is 0 Å². The molecule has 1 aromatic rings. The standard InChI is InChI=1S/C12H16O2/c1-9-3-5-12(13,6-4-9)11-8-14-7-10(11)2/h3,5,7-9,13H,4,6H2,1-2H3. The van der Waals surface area contributed by atoms with Gasteiger partial charge in [-0.2, -0.15) is 0 Å². The van der Waals surface area contributed by atoms with Crippen LogP contribution >= 0.6 is 0 Å². The fourth-order valence-corrected chi connectivity index (χ4v) is 1.98. The SMILES string of the molecule is Cc1cocc1C1(O)C=CC(C)CC1. The van der Waals surface area contributed by atoms with Gasteiger partial charge in [0.05, 0.1) is 12.5 Å². The second-order valence-electron chi connectivity index (χ2n) is 4.27. The van der Waals surface area contributed by atoms with Crippen LogP contribution in [0.1, 0.15) is 30.9 Å². The van der Waals surface area contributed by atoms with E-state index >= 15 is 0 Å². The van der Waals surface area contributed by atoms with E-state index in [1.165, 1.54) is 0 Å². The molecule has 2 unspecified atom stereocenters. The fraction of sp³-hybridized carbons (Fsp3) is 0.500. The highest BCUT2D eigenvalue weighted by Gasteiger charge is 2.31. The number of hydrogen-bond donors (Lipinski definition) is 1. The molecule has 0 radical (unpaired) electrons. The molecular weight excluding hydrogens is 176 g/mol. The van der Waals surface area contributed by atoms with Gasteiger partial charge in [-0.15, -0.1) is 0 Å². The lowest BCUT2D eigenvalue weighted by Crippen LogP contribution is -2.26. The molecule has 0 spiro atoms. The molecule has 14 heavy (non-hydrogen) atoms. The van der Waals surface area contributed by atoms with E-state index in [0.29, 0.717) is 5.92 Å². The summed E-state index contributed by atoms with van der Waals surface area (Å²) in [6.45, 7) is 4.13. The molecule has 1 aromatic heterocycles. The molecule has 1 aliphatic rings. The van der Waals surface area contributed by atoms with E-state index in [1.807, 2.05) is 13.0 Å². The molecule has 2 heteroatoms. The maximum absolute atomic E-state index is 10.4. The van der Waals surface area contributed by atoms with Crippen molar-refractivity contribution in [3.63, 3.8) is 0 Å². The highest BCUT2D eigenvalue weighted by molar-refractivity contribution is 5.31. The summed E-state index contributed by atoms with van der Waals surface area (Å²) in [5.41, 5.74) is 1.12. The molecule has 0 saturated carbocycles. The Hall–Kier alpha value is -1.02. The summed E-state index contributed by atoms with van der Waals surface area (Å²) < 4.78 is 5.10. The summed E-state index contributed by atoms with van der Waals surface area (Å²) in [6, 6.07) is 0. The van der Waals surface area contributed by atoms with E-state index in [0.717, 1.165) is 24.0 Å². The van der Waals surface area contributed by atoms with Gasteiger partial charge in [0.15, 0.2) is 0 Å². The normalized spacial score (nSPS) is 32.1. The van der Waals surface area contributed by atoms with Gasteiger partial charge in [-0.25, -0.2) is 0 Å². The lowest BCUT2D eigenvalue weighted by molar-refractivity contribution is 0.0662. The highest BCUT2D eigenvalue weighted by Crippen LogP contribution is 2.36. The zero-order valence-electron chi connectivity index (χ0n) is 8.66. The van der Waals surface area contributed by atoms with Gasteiger partial charge in [0.1, 0.15) is 5.60 Å². The van der Waals surface area contributed by atoms with Crippen LogP contribution in [0.25, 0.3) is 0 Å². The average Bonchev–Trinajstić information content (AvgIpc) is 2.58. The van der Waals surface area contributed by atoms with E-state index in [2.05, 4.69) is 13.0 Å². The number of furan rings is 1. The molecule has 0 aromatic carbocycles. The van der Waals surface area contributed by atoms with Crippen molar-refractivity contribution in [1.82, 2.24) is 0 Å². The van der Waals surface area contributed by atoms with Crippen LogP contribution in [-0.2, 0) is 5.60 Å². The zero-order chi connectivity index (χ0) is 10.2. The van der Waals surface area contributed by atoms with E-state index in [1.54, 1.807) is 12.5 Å². The van der Waals surface area contributed by atoms with Crippen molar-refractivity contribution in [1.29, 1.82) is 0 Å². The summed E-state index contributed by atoms with van der Waals surface area (Å²) in [6.07, 6.45) is 9.12. The summed E-state index contributed by atoms with van der Waals surface area (Å²) in [5.74, 6) is 0.572. The average molecular weight is 192 g/mol. The third-order valence-electron chi connectivity index (χ3n) is 3.00.